The van der Waals surface area contributed by atoms with Gasteiger partial charge in [0.25, 0.3) is 0 Å². The standard InChI is InChI=1S/C17H23N3/c1-13-6-5-7-14(10-13)11-16-18-9-8-15(20-16)12-19-17(2,3)4/h5-10,19H,11-12H2,1-4H3. The Morgan fingerprint density at radius 3 is 2.65 bits per heavy atom. The van der Waals surface area contributed by atoms with E-state index in [1.807, 2.05) is 12.3 Å². The van der Waals surface area contributed by atoms with E-state index in [1.165, 1.54) is 11.1 Å². The predicted octanol–water partition coefficient (Wildman–Crippen LogP) is 3.26. The summed E-state index contributed by atoms with van der Waals surface area (Å²) in [5.74, 6) is 0.879. The van der Waals surface area contributed by atoms with Crippen LogP contribution >= 0.6 is 0 Å². The molecular formula is C17H23N3. The molecule has 0 radical (unpaired) electrons. The van der Waals surface area contributed by atoms with Crippen molar-refractivity contribution in [2.24, 2.45) is 0 Å². The highest BCUT2D eigenvalue weighted by molar-refractivity contribution is 5.25. The Morgan fingerprint density at radius 2 is 1.95 bits per heavy atom. The molecule has 20 heavy (non-hydrogen) atoms. The van der Waals surface area contributed by atoms with Crippen LogP contribution in [0.4, 0.5) is 0 Å². The number of aryl methyl sites for hydroxylation is 1. The Balaban J connectivity index is 2.06. The Kier molecular flexibility index (Phi) is 4.50. The molecule has 2 aromatic rings. The quantitative estimate of drug-likeness (QED) is 0.925. The van der Waals surface area contributed by atoms with Crippen LogP contribution < -0.4 is 5.32 Å². The van der Waals surface area contributed by atoms with Crippen molar-refractivity contribution in [3.05, 3.63) is 59.2 Å². The largest absolute Gasteiger partial charge is 0.306 e. The van der Waals surface area contributed by atoms with Gasteiger partial charge in [-0.3, -0.25) is 0 Å². The summed E-state index contributed by atoms with van der Waals surface area (Å²) in [5, 5.41) is 3.45. The molecule has 0 saturated heterocycles. The smallest absolute Gasteiger partial charge is 0.132 e. The maximum Gasteiger partial charge on any atom is 0.132 e. The Labute approximate surface area is 121 Å². The van der Waals surface area contributed by atoms with Crippen LogP contribution in [0.5, 0.6) is 0 Å². The predicted molar refractivity (Wildman–Crippen MR) is 82.6 cm³/mol. The molecule has 1 N–H and O–H groups in total. The summed E-state index contributed by atoms with van der Waals surface area (Å²) in [6, 6.07) is 10.5. The van der Waals surface area contributed by atoms with Gasteiger partial charge in [0.1, 0.15) is 5.82 Å². The highest BCUT2D eigenvalue weighted by atomic mass is 15.0. The monoisotopic (exact) mass is 269 g/mol. The number of aromatic nitrogens is 2. The van der Waals surface area contributed by atoms with Gasteiger partial charge in [0.05, 0.1) is 5.69 Å². The molecule has 1 aromatic heterocycles. The summed E-state index contributed by atoms with van der Waals surface area (Å²) in [4.78, 5) is 9.00. The highest BCUT2D eigenvalue weighted by Gasteiger charge is 2.09. The zero-order chi connectivity index (χ0) is 14.6. The van der Waals surface area contributed by atoms with Crippen LogP contribution in [0.15, 0.2) is 36.5 Å². The number of hydrogen-bond acceptors (Lipinski definition) is 3. The lowest BCUT2D eigenvalue weighted by atomic mass is 10.1. The molecule has 3 heteroatoms. The lowest BCUT2D eigenvalue weighted by Crippen LogP contribution is -2.35. The van der Waals surface area contributed by atoms with Crippen molar-refractivity contribution in [1.29, 1.82) is 0 Å². The molecule has 0 atom stereocenters. The van der Waals surface area contributed by atoms with E-state index in [1.54, 1.807) is 0 Å². The van der Waals surface area contributed by atoms with Crippen LogP contribution in [0.2, 0.25) is 0 Å². The molecule has 0 unspecified atom stereocenters. The molecule has 0 aliphatic rings. The Hall–Kier alpha value is -1.74. The number of rotatable bonds is 4. The fourth-order valence-electron chi connectivity index (χ4n) is 1.99. The first-order valence-electron chi connectivity index (χ1n) is 7.04. The second-order valence-corrected chi connectivity index (χ2v) is 6.23. The molecule has 1 heterocycles. The molecule has 0 aliphatic carbocycles. The summed E-state index contributed by atoms with van der Waals surface area (Å²) >= 11 is 0. The van der Waals surface area contributed by atoms with E-state index < -0.39 is 0 Å². The van der Waals surface area contributed by atoms with E-state index in [0.29, 0.717) is 0 Å². The third kappa shape index (κ3) is 4.74. The number of benzene rings is 1. The topological polar surface area (TPSA) is 37.8 Å². The zero-order valence-corrected chi connectivity index (χ0v) is 12.8. The van der Waals surface area contributed by atoms with Crippen molar-refractivity contribution in [2.45, 2.75) is 46.2 Å². The molecule has 0 amide bonds. The van der Waals surface area contributed by atoms with Gasteiger partial charge in [-0.25, -0.2) is 9.97 Å². The first-order chi connectivity index (χ1) is 9.42. The minimum absolute atomic E-state index is 0.0989. The number of hydrogen-bond donors (Lipinski definition) is 1. The van der Waals surface area contributed by atoms with Gasteiger partial charge in [-0.15, -0.1) is 0 Å². The maximum absolute atomic E-state index is 4.63. The third-order valence-electron chi connectivity index (χ3n) is 3.01. The fraction of sp³-hybridized carbons (Fsp3) is 0.412. The summed E-state index contributed by atoms with van der Waals surface area (Å²) in [5.41, 5.74) is 3.67. The van der Waals surface area contributed by atoms with E-state index in [0.717, 1.165) is 24.5 Å². The van der Waals surface area contributed by atoms with Gasteiger partial charge in [-0.1, -0.05) is 29.8 Å². The lowest BCUT2D eigenvalue weighted by molar-refractivity contribution is 0.420. The summed E-state index contributed by atoms with van der Waals surface area (Å²) in [7, 11) is 0. The van der Waals surface area contributed by atoms with Gasteiger partial charge in [0.2, 0.25) is 0 Å². The molecule has 1 aromatic carbocycles. The maximum atomic E-state index is 4.63. The van der Waals surface area contributed by atoms with Crippen molar-refractivity contribution in [3.8, 4) is 0 Å². The molecule has 0 aliphatic heterocycles. The van der Waals surface area contributed by atoms with Crippen LogP contribution in [0.3, 0.4) is 0 Å². The summed E-state index contributed by atoms with van der Waals surface area (Å²) < 4.78 is 0. The Bertz CT molecular complexity index is 570. The number of nitrogens with one attached hydrogen (secondary N) is 1. The second kappa shape index (κ2) is 6.14. The zero-order valence-electron chi connectivity index (χ0n) is 12.8. The molecule has 2 rings (SSSR count). The van der Waals surface area contributed by atoms with Crippen LogP contribution in [-0.2, 0) is 13.0 Å². The molecule has 0 fully saturated rings. The van der Waals surface area contributed by atoms with Crippen LogP contribution in [0.1, 0.15) is 43.4 Å². The van der Waals surface area contributed by atoms with Gasteiger partial charge in [0.15, 0.2) is 0 Å². The molecule has 106 valence electrons. The van der Waals surface area contributed by atoms with Gasteiger partial charge in [-0.2, -0.15) is 0 Å². The van der Waals surface area contributed by atoms with E-state index >= 15 is 0 Å². The lowest BCUT2D eigenvalue weighted by Gasteiger charge is -2.20. The third-order valence-corrected chi connectivity index (χ3v) is 3.01. The normalized spacial score (nSPS) is 11.6. The van der Waals surface area contributed by atoms with E-state index in [2.05, 4.69) is 67.2 Å². The minimum Gasteiger partial charge on any atom is -0.306 e. The highest BCUT2D eigenvalue weighted by Crippen LogP contribution is 2.09. The van der Waals surface area contributed by atoms with E-state index in [-0.39, 0.29) is 5.54 Å². The van der Waals surface area contributed by atoms with Crippen LogP contribution in [0.25, 0.3) is 0 Å². The molecule has 0 saturated carbocycles. The first kappa shape index (κ1) is 14.7. The van der Waals surface area contributed by atoms with Crippen molar-refractivity contribution >= 4 is 0 Å². The minimum atomic E-state index is 0.0989. The summed E-state index contributed by atoms with van der Waals surface area (Å²) in [6.45, 7) is 9.34. The van der Waals surface area contributed by atoms with E-state index in [4.69, 9.17) is 0 Å². The average molecular weight is 269 g/mol. The summed E-state index contributed by atoms with van der Waals surface area (Å²) in [6.07, 6.45) is 2.63. The first-order valence-corrected chi connectivity index (χ1v) is 7.04. The molecular weight excluding hydrogens is 246 g/mol. The van der Waals surface area contributed by atoms with Gasteiger partial charge in [0, 0.05) is 24.7 Å². The second-order valence-electron chi connectivity index (χ2n) is 6.23. The van der Waals surface area contributed by atoms with Gasteiger partial charge < -0.3 is 5.32 Å². The van der Waals surface area contributed by atoms with Crippen LogP contribution in [-0.4, -0.2) is 15.5 Å². The SMILES string of the molecule is Cc1cccc(Cc2nccc(CNC(C)(C)C)n2)c1. The van der Waals surface area contributed by atoms with Crippen LogP contribution in [0, 0.1) is 6.92 Å². The number of nitrogens with zero attached hydrogens (tertiary/aromatic N) is 2. The molecule has 0 bridgehead atoms. The average Bonchev–Trinajstić information content (AvgIpc) is 2.36. The van der Waals surface area contributed by atoms with Gasteiger partial charge in [-0.05, 0) is 39.3 Å². The van der Waals surface area contributed by atoms with Gasteiger partial charge >= 0.3 is 0 Å². The molecule has 3 nitrogen and oxygen atoms in total. The van der Waals surface area contributed by atoms with Crippen molar-refractivity contribution < 1.29 is 0 Å². The fourth-order valence-corrected chi connectivity index (χ4v) is 1.99. The molecule has 0 spiro atoms. The van der Waals surface area contributed by atoms with Crippen molar-refractivity contribution in [3.63, 3.8) is 0 Å². The van der Waals surface area contributed by atoms with Crippen molar-refractivity contribution in [2.75, 3.05) is 0 Å². The van der Waals surface area contributed by atoms with Crippen molar-refractivity contribution in [1.82, 2.24) is 15.3 Å². The van der Waals surface area contributed by atoms with E-state index in [9.17, 15) is 0 Å². The Morgan fingerprint density at radius 1 is 1.15 bits per heavy atom.